The van der Waals surface area contributed by atoms with Crippen molar-refractivity contribution in [3.05, 3.63) is 47.5 Å². The number of ether oxygens (including phenoxy) is 4. The molecule has 0 aliphatic carbocycles. The Kier molecular flexibility index (Phi) is 5.22. The second kappa shape index (κ2) is 7.98. The number of fused-ring (bicyclic) bond motifs is 1. The second-order valence-corrected chi connectivity index (χ2v) is 6.85. The number of hydrogen-bond acceptors (Lipinski definition) is 6. The van der Waals surface area contributed by atoms with E-state index in [1.54, 1.807) is 34.5 Å². The van der Waals surface area contributed by atoms with Crippen LogP contribution in [0, 0.1) is 0 Å². The van der Waals surface area contributed by atoms with Gasteiger partial charge in [0.25, 0.3) is 0 Å². The fraction of sp³-hybridized carbons (Fsp3) is 0.273. The van der Waals surface area contributed by atoms with E-state index in [1.807, 2.05) is 30.3 Å². The number of rotatable bonds is 6. The van der Waals surface area contributed by atoms with Crippen molar-refractivity contribution in [1.29, 1.82) is 0 Å². The van der Waals surface area contributed by atoms with Crippen molar-refractivity contribution >= 4 is 11.7 Å². The van der Waals surface area contributed by atoms with E-state index in [0.29, 0.717) is 23.1 Å². The van der Waals surface area contributed by atoms with E-state index in [1.165, 1.54) is 0 Å². The lowest BCUT2D eigenvalue weighted by Crippen LogP contribution is -2.23. The zero-order chi connectivity index (χ0) is 21.3. The number of carbonyl (C=O) groups is 1. The molecule has 2 aromatic carbocycles. The highest BCUT2D eigenvalue weighted by Crippen LogP contribution is 2.47. The summed E-state index contributed by atoms with van der Waals surface area (Å²) in [7, 11) is 6.36. The first-order valence-corrected chi connectivity index (χ1v) is 9.42. The first-order chi connectivity index (χ1) is 14.6. The molecule has 2 N–H and O–H groups in total. The summed E-state index contributed by atoms with van der Waals surface area (Å²) < 4.78 is 21.9. The Balaban J connectivity index is 1.90. The molecular formula is C22H23N3O5. The minimum absolute atomic E-state index is 0.118. The molecule has 1 aliphatic rings. The zero-order valence-corrected chi connectivity index (χ0v) is 17.2. The molecule has 1 atom stereocenters. The van der Waals surface area contributed by atoms with Crippen LogP contribution in [0.5, 0.6) is 23.0 Å². The van der Waals surface area contributed by atoms with Crippen LogP contribution in [0.15, 0.2) is 36.4 Å². The Morgan fingerprint density at radius 3 is 2.37 bits per heavy atom. The summed E-state index contributed by atoms with van der Waals surface area (Å²) in [6.45, 7) is 0. The third-order valence-corrected chi connectivity index (χ3v) is 5.27. The Labute approximate surface area is 174 Å². The van der Waals surface area contributed by atoms with E-state index < -0.39 is 0 Å². The molecule has 3 aromatic rings. The van der Waals surface area contributed by atoms with E-state index >= 15 is 0 Å². The first-order valence-electron chi connectivity index (χ1n) is 9.42. The predicted molar refractivity (Wildman–Crippen MR) is 112 cm³/mol. The normalized spacial score (nSPS) is 15.2. The summed E-state index contributed by atoms with van der Waals surface area (Å²) in [5.74, 6) is 2.56. The topological polar surface area (TPSA) is 94.7 Å². The van der Waals surface area contributed by atoms with Crippen molar-refractivity contribution in [2.45, 2.75) is 12.3 Å². The number of hydrogen-bond donors (Lipinski definition) is 2. The molecule has 0 fully saturated rings. The minimum Gasteiger partial charge on any atom is -0.497 e. The largest absolute Gasteiger partial charge is 0.497 e. The zero-order valence-electron chi connectivity index (χ0n) is 17.2. The molecule has 1 aromatic heterocycles. The molecule has 156 valence electrons. The summed E-state index contributed by atoms with van der Waals surface area (Å²) in [6, 6.07) is 11.3. The van der Waals surface area contributed by atoms with E-state index in [9.17, 15) is 4.79 Å². The van der Waals surface area contributed by atoms with Gasteiger partial charge in [0.05, 0.1) is 34.1 Å². The van der Waals surface area contributed by atoms with Gasteiger partial charge in [-0.05, 0) is 18.2 Å². The van der Waals surface area contributed by atoms with Crippen molar-refractivity contribution in [2.75, 3.05) is 33.8 Å². The summed E-state index contributed by atoms with van der Waals surface area (Å²) in [6.07, 6.45) is 0.245. The van der Waals surface area contributed by atoms with Crippen LogP contribution in [0.4, 0.5) is 5.82 Å². The van der Waals surface area contributed by atoms with E-state index in [-0.39, 0.29) is 18.2 Å². The van der Waals surface area contributed by atoms with Crippen LogP contribution in [0.1, 0.15) is 23.5 Å². The van der Waals surface area contributed by atoms with Crippen molar-refractivity contribution < 1.29 is 23.7 Å². The van der Waals surface area contributed by atoms with Crippen LogP contribution < -0.4 is 24.3 Å². The SMILES string of the molecule is COc1cccc(-c2[nH]nc3c2C(c2cc(OC)c(OC)cc2OC)CC(=O)N3)c1. The van der Waals surface area contributed by atoms with Crippen molar-refractivity contribution in [3.8, 4) is 34.3 Å². The lowest BCUT2D eigenvalue weighted by atomic mass is 9.83. The molecule has 1 unspecified atom stereocenters. The van der Waals surface area contributed by atoms with Gasteiger partial charge in [0.1, 0.15) is 11.5 Å². The lowest BCUT2D eigenvalue weighted by molar-refractivity contribution is -0.116. The maximum absolute atomic E-state index is 12.5. The van der Waals surface area contributed by atoms with Gasteiger partial charge in [-0.2, -0.15) is 5.10 Å². The molecule has 0 bridgehead atoms. The number of amides is 1. The molecule has 2 heterocycles. The lowest BCUT2D eigenvalue weighted by Gasteiger charge is -2.26. The Morgan fingerprint density at radius 2 is 1.67 bits per heavy atom. The average Bonchev–Trinajstić information content (AvgIpc) is 3.21. The summed E-state index contributed by atoms with van der Waals surface area (Å²) in [5, 5.41) is 10.3. The van der Waals surface area contributed by atoms with Crippen LogP contribution >= 0.6 is 0 Å². The van der Waals surface area contributed by atoms with Gasteiger partial charge >= 0.3 is 0 Å². The van der Waals surface area contributed by atoms with E-state index in [4.69, 9.17) is 18.9 Å². The number of methoxy groups -OCH3 is 4. The number of anilines is 1. The number of aromatic amines is 1. The number of carbonyl (C=O) groups excluding carboxylic acids is 1. The van der Waals surface area contributed by atoms with E-state index in [0.717, 1.165) is 28.1 Å². The van der Waals surface area contributed by atoms with Gasteiger partial charge in [0.2, 0.25) is 5.91 Å². The molecule has 0 saturated carbocycles. The van der Waals surface area contributed by atoms with Crippen molar-refractivity contribution in [2.24, 2.45) is 0 Å². The molecule has 1 amide bonds. The molecule has 8 nitrogen and oxygen atoms in total. The fourth-order valence-corrected chi connectivity index (χ4v) is 3.84. The van der Waals surface area contributed by atoms with Gasteiger partial charge in [0, 0.05) is 35.1 Å². The maximum Gasteiger partial charge on any atom is 0.226 e. The quantitative estimate of drug-likeness (QED) is 0.646. The Hall–Kier alpha value is -3.68. The number of benzene rings is 2. The van der Waals surface area contributed by atoms with Crippen LogP contribution in [0.3, 0.4) is 0 Å². The number of H-pyrrole nitrogens is 1. The van der Waals surface area contributed by atoms with Gasteiger partial charge in [0.15, 0.2) is 17.3 Å². The molecule has 1 aliphatic heterocycles. The summed E-state index contributed by atoms with van der Waals surface area (Å²) in [4.78, 5) is 12.5. The van der Waals surface area contributed by atoms with Crippen LogP contribution in [-0.4, -0.2) is 44.5 Å². The van der Waals surface area contributed by atoms with Gasteiger partial charge < -0.3 is 24.3 Å². The third kappa shape index (κ3) is 3.30. The van der Waals surface area contributed by atoms with Crippen molar-refractivity contribution in [1.82, 2.24) is 10.2 Å². The fourth-order valence-electron chi connectivity index (χ4n) is 3.84. The average molecular weight is 409 g/mol. The standard InChI is InChI=1S/C22H23N3O5/c1-27-13-7-5-6-12(8-13)21-20-15(10-19(26)23-22(20)25-24-21)14-9-17(29-3)18(30-4)11-16(14)28-2/h5-9,11,15H,10H2,1-4H3,(H2,23,24,25,26). The van der Waals surface area contributed by atoms with Crippen LogP contribution in [0.25, 0.3) is 11.3 Å². The molecule has 4 rings (SSSR count). The molecule has 30 heavy (non-hydrogen) atoms. The molecule has 0 radical (unpaired) electrons. The van der Waals surface area contributed by atoms with Gasteiger partial charge in [-0.25, -0.2) is 0 Å². The third-order valence-electron chi connectivity index (χ3n) is 5.27. The van der Waals surface area contributed by atoms with Gasteiger partial charge in [-0.15, -0.1) is 0 Å². The molecule has 0 saturated heterocycles. The van der Waals surface area contributed by atoms with Crippen LogP contribution in [-0.2, 0) is 4.79 Å². The monoisotopic (exact) mass is 409 g/mol. The minimum atomic E-state index is -0.288. The number of aromatic nitrogens is 2. The smallest absolute Gasteiger partial charge is 0.226 e. The van der Waals surface area contributed by atoms with Crippen LogP contribution in [0.2, 0.25) is 0 Å². The van der Waals surface area contributed by atoms with E-state index in [2.05, 4.69) is 15.5 Å². The molecule has 0 spiro atoms. The second-order valence-electron chi connectivity index (χ2n) is 6.85. The van der Waals surface area contributed by atoms with Crippen molar-refractivity contribution in [3.63, 3.8) is 0 Å². The molecule has 8 heteroatoms. The highest BCUT2D eigenvalue weighted by atomic mass is 16.5. The summed E-state index contributed by atoms with van der Waals surface area (Å²) in [5.41, 5.74) is 3.42. The highest BCUT2D eigenvalue weighted by Gasteiger charge is 2.34. The summed E-state index contributed by atoms with van der Waals surface area (Å²) >= 11 is 0. The Morgan fingerprint density at radius 1 is 0.933 bits per heavy atom. The number of nitrogens with zero attached hydrogens (tertiary/aromatic N) is 1. The number of nitrogens with one attached hydrogen (secondary N) is 2. The predicted octanol–water partition coefficient (Wildman–Crippen LogP) is 3.59. The van der Waals surface area contributed by atoms with Gasteiger partial charge in [-0.1, -0.05) is 12.1 Å². The highest BCUT2D eigenvalue weighted by molar-refractivity contribution is 5.96. The van der Waals surface area contributed by atoms with Gasteiger partial charge in [-0.3, -0.25) is 9.89 Å². The molecular weight excluding hydrogens is 386 g/mol. The first kappa shape index (κ1) is 19.6. The Bertz CT molecular complexity index is 1090. The maximum atomic E-state index is 12.5.